The second kappa shape index (κ2) is 4.96. The molecule has 0 spiro atoms. The molecule has 2 aliphatic rings. The summed E-state index contributed by atoms with van der Waals surface area (Å²) >= 11 is 0. The van der Waals surface area contributed by atoms with Gasteiger partial charge in [0.25, 0.3) is 0 Å². The van der Waals surface area contributed by atoms with Gasteiger partial charge < -0.3 is 5.73 Å². The molecule has 3 heteroatoms. The zero-order chi connectivity index (χ0) is 10.8. The number of hydrogen-bond donors (Lipinski definition) is 1. The van der Waals surface area contributed by atoms with Gasteiger partial charge in [-0.1, -0.05) is 26.2 Å². The molecule has 0 radical (unpaired) electrons. The highest BCUT2D eigenvalue weighted by atomic mass is 32.2. The fraction of sp³-hybridized carbons (Fsp3) is 1.00. The highest BCUT2D eigenvalue weighted by molar-refractivity contribution is 7.86. The topological polar surface area (TPSA) is 43.1 Å². The third-order valence-electron chi connectivity index (χ3n) is 4.02. The molecule has 0 aromatic heterocycles. The van der Waals surface area contributed by atoms with E-state index < -0.39 is 10.8 Å². The maximum atomic E-state index is 12.4. The van der Waals surface area contributed by atoms with Crippen LogP contribution in [0.2, 0.25) is 0 Å². The number of nitrogens with two attached hydrogens (primary N) is 1. The molecule has 0 amide bonds. The van der Waals surface area contributed by atoms with Crippen LogP contribution in [0.15, 0.2) is 0 Å². The van der Waals surface area contributed by atoms with E-state index in [2.05, 4.69) is 6.92 Å². The van der Waals surface area contributed by atoms with E-state index in [0.29, 0.717) is 10.5 Å². The van der Waals surface area contributed by atoms with Crippen molar-refractivity contribution in [3.63, 3.8) is 0 Å². The lowest BCUT2D eigenvalue weighted by atomic mass is 9.91. The van der Waals surface area contributed by atoms with Crippen molar-refractivity contribution in [2.75, 3.05) is 0 Å². The molecule has 2 nitrogen and oxygen atoms in total. The number of hydrogen-bond acceptors (Lipinski definition) is 2. The fourth-order valence-corrected chi connectivity index (χ4v) is 5.37. The van der Waals surface area contributed by atoms with E-state index in [9.17, 15) is 4.21 Å². The predicted octanol–water partition coefficient (Wildman–Crippen LogP) is 2.19. The van der Waals surface area contributed by atoms with Crippen molar-refractivity contribution >= 4 is 10.8 Å². The molecule has 0 aromatic rings. The van der Waals surface area contributed by atoms with Gasteiger partial charge in [-0.25, -0.2) is 0 Å². The van der Waals surface area contributed by atoms with E-state index in [4.69, 9.17) is 5.73 Å². The van der Waals surface area contributed by atoms with Crippen LogP contribution in [0.1, 0.15) is 51.9 Å². The predicted molar refractivity (Wildman–Crippen MR) is 65.2 cm³/mol. The van der Waals surface area contributed by atoms with Crippen molar-refractivity contribution in [1.29, 1.82) is 0 Å². The zero-order valence-electron chi connectivity index (χ0n) is 9.65. The van der Waals surface area contributed by atoms with Gasteiger partial charge in [-0.15, -0.1) is 0 Å². The van der Waals surface area contributed by atoms with Gasteiger partial charge in [0.1, 0.15) is 0 Å². The molecule has 0 bridgehead atoms. The Kier molecular flexibility index (Phi) is 3.83. The van der Waals surface area contributed by atoms with Crippen LogP contribution in [0.25, 0.3) is 0 Å². The van der Waals surface area contributed by atoms with Crippen LogP contribution in [0.5, 0.6) is 0 Å². The molecule has 2 rings (SSSR count). The summed E-state index contributed by atoms with van der Waals surface area (Å²) in [5, 5.41) is 0.753. The first-order valence-electron chi connectivity index (χ1n) is 6.33. The minimum atomic E-state index is -0.658. The summed E-state index contributed by atoms with van der Waals surface area (Å²) < 4.78 is 12.4. The molecule has 15 heavy (non-hydrogen) atoms. The maximum absolute atomic E-state index is 12.4. The Hall–Kier alpha value is 0.110. The molecule has 5 atom stereocenters. The third-order valence-corrected chi connectivity index (χ3v) is 6.29. The second-order valence-corrected chi connectivity index (χ2v) is 7.28. The van der Waals surface area contributed by atoms with E-state index in [1.54, 1.807) is 0 Å². The van der Waals surface area contributed by atoms with Crippen molar-refractivity contribution in [2.24, 2.45) is 11.7 Å². The van der Waals surface area contributed by atoms with E-state index in [1.807, 2.05) is 0 Å². The van der Waals surface area contributed by atoms with E-state index >= 15 is 0 Å². The van der Waals surface area contributed by atoms with Gasteiger partial charge in [0.05, 0.1) is 5.25 Å². The quantitative estimate of drug-likeness (QED) is 0.789. The van der Waals surface area contributed by atoms with Gasteiger partial charge in [-0.3, -0.25) is 4.21 Å². The minimum absolute atomic E-state index is 0.211. The number of rotatable bonds is 2. The lowest BCUT2D eigenvalue weighted by molar-refractivity contribution is 0.387. The van der Waals surface area contributed by atoms with Crippen LogP contribution in [0.4, 0.5) is 0 Å². The Balaban J connectivity index is 1.94. The van der Waals surface area contributed by atoms with Crippen molar-refractivity contribution < 1.29 is 4.21 Å². The summed E-state index contributed by atoms with van der Waals surface area (Å²) in [7, 11) is -0.658. The molecule has 2 saturated carbocycles. The molecule has 0 heterocycles. The Morgan fingerprint density at radius 1 is 1.13 bits per heavy atom. The monoisotopic (exact) mass is 229 g/mol. The largest absolute Gasteiger partial charge is 0.327 e. The second-order valence-electron chi connectivity index (χ2n) is 5.36. The molecule has 2 fully saturated rings. The molecule has 2 aliphatic carbocycles. The summed E-state index contributed by atoms with van der Waals surface area (Å²) in [6.45, 7) is 2.29. The van der Waals surface area contributed by atoms with Crippen molar-refractivity contribution in [3.8, 4) is 0 Å². The van der Waals surface area contributed by atoms with Crippen LogP contribution < -0.4 is 5.73 Å². The smallest absolute Gasteiger partial charge is 0.0501 e. The molecular weight excluding hydrogens is 206 g/mol. The Morgan fingerprint density at radius 3 is 2.47 bits per heavy atom. The van der Waals surface area contributed by atoms with Gasteiger partial charge >= 0.3 is 0 Å². The van der Waals surface area contributed by atoms with Gasteiger partial charge in [0.15, 0.2) is 0 Å². The van der Waals surface area contributed by atoms with Crippen LogP contribution in [0, 0.1) is 5.92 Å². The SMILES string of the molecule is CC1CCCC(S(=O)C2CCCC2N)C1. The maximum Gasteiger partial charge on any atom is 0.0501 e. The summed E-state index contributed by atoms with van der Waals surface area (Å²) in [5.41, 5.74) is 6.03. The molecule has 88 valence electrons. The first kappa shape index (κ1) is 11.6. The van der Waals surface area contributed by atoms with Gasteiger partial charge in [0.2, 0.25) is 0 Å². The van der Waals surface area contributed by atoms with E-state index in [0.717, 1.165) is 25.2 Å². The van der Waals surface area contributed by atoms with Crippen LogP contribution in [-0.2, 0) is 10.8 Å². The fourth-order valence-electron chi connectivity index (χ4n) is 3.08. The summed E-state index contributed by atoms with van der Waals surface area (Å²) in [4.78, 5) is 0. The lowest BCUT2D eigenvalue weighted by Crippen LogP contribution is -2.38. The first-order chi connectivity index (χ1) is 7.18. The highest BCUT2D eigenvalue weighted by Crippen LogP contribution is 2.32. The Morgan fingerprint density at radius 2 is 1.87 bits per heavy atom. The van der Waals surface area contributed by atoms with Crippen LogP contribution in [0.3, 0.4) is 0 Å². The average Bonchev–Trinajstić information content (AvgIpc) is 2.63. The van der Waals surface area contributed by atoms with Crippen LogP contribution >= 0.6 is 0 Å². The molecule has 2 N–H and O–H groups in total. The zero-order valence-corrected chi connectivity index (χ0v) is 10.5. The lowest BCUT2D eigenvalue weighted by Gasteiger charge is -2.29. The summed E-state index contributed by atoms with van der Waals surface area (Å²) in [6, 6.07) is 0.211. The van der Waals surface area contributed by atoms with Gasteiger partial charge in [0, 0.05) is 22.1 Å². The molecular formula is C12H23NOS. The van der Waals surface area contributed by atoms with Gasteiger partial charge in [-0.2, -0.15) is 0 Å². The van der Waals surface area contributed by atoms with Crippen molar-refractivity contribution in [2.45, 2.75) is 68.4 Å². The molecule has 0 aliphatic heterocycles. The Labute approximate surface area is 95.5 Å². The highest BCUT2D eigenvalue weighted by Gasteiger charge is 2.34. The summed E-state index contributed by atoms with van der Waals surface area (Å²) in [5.74, 6) is 0.769. The normalized spacial score (nSPS) is 44.1. The molecule has 5 unspecified atom stereocenters. The molecule has 0 saturated heterocycles. The van der Waals surface area contributed by atoms with Gasteiger partial charge in [-0.05, 0) is 31.6 Å². The van der Waals surface area contributed by atoms with E-state index in [1.165, 1.54) is 25.7 Å². The van der Waals surface area contributed by atoms with E-state index in [-0.39, 0.29) is 6.04 Å². The standard InChI is InChI=1S/C12H23NOS/c1-9-4-2-5-10(8-9)15(14)12-7-3-6-11(12)13/h9-12H,2-8,13H2,1H3. The third kappa shape index (κ3) is 2.62. The van der Waals surface area contributed by atoms with Crippen LogP contribution in [-0.4, -0.2) is 20.8 Å². The van der Waals surface area contributed by atoms with Crippen molar-refractivity contribution in [1.82, 2.24) is 0 Å². The first-order valence-corrected chi connectivity index (χ1v) is 7.61. The Bertz CT molecular complexity index is 244. The molecule has 0 aromatic carbocycles. The minimum Gasteiger partial charge on any atom is -0.327 e. The van der Waals surface area contributed by atoms with Crippen molar-refractivity contribution in [3.05, 3.63) is 0 Å². The average molecular weight is 229 g/mol. The summed E-state index contributed by atoms with van der Waals surface area (Å²) in [6.07, 6.45) is 8.27.